The Kier molecular flexibility index (Phi) is 6.54. The third kappa shape index (κ3) is 5.06. The fourth-order valence-electron chi connectivity index (χ4n) is 3.20. The lowest BCUT2D eigenvalue weighted by molar-refractivity contribution is -0.317. The van der Waals surface area contributed by atoms with Crippen LogP contribution in [0.5, 0.6) is 17.2 Å². The van der Waals surface area contributed by atoms with Crippen LogP contribution in [0.1, 0.15) is 0 Å². The monoisotopic (exact) mass is 543 g/mol. The van der Waals surface area contributed by atoms with Crippen molar-refractivity contribution in [1.82, 2.24) is 5.32 Å². The van der Waals surface area contributed by atoms with E-state index in [1.54, 1.807) is 23.5 Å². The topological polar surface area (TPSA) is 115 Å². The lowest BCUT2D eigenvalue weighted by atomic mass is 10.3. The molecule has 190 valence electrons. The Morgan fingerprint density at radius 3 is 2.44 bits per heavy atom. The number of hydrogen-bond donors (Lipinski definition) is 3. The van der Waals surface area contributed by atoms with Gasteiger partial charge in [0.2, 0.25) is 0 Å². The number of hydrogen-bond acceptors (Lipinski definition) is 6. The van der Waals surface area contributed by atoms with Crippen molar-refractivity contribution in [3.63, 3.8) is 0 Å². The standard InChI is InChI=1S/C22H17ClF3N3O6S/c1-33-17-8-3-2-7-16(17)29-36(31,32)15-6-4-5-14(12-15)27-20(30)28-22(21(24,25)26)34-18-10-9-13(23)11-19(18)35-22/h2-12,29H,1H3,(H2,27,28,30). The first-order valence-electron chi connectivity index (χ1n) is 10.0. The van der Waals surface area contributed by atoms with Crippen LogP contribution in [-0.4, -0.2) is 33.6 Å². The minimum atomic E-state index is -5.19. The Bertz CT molecular complexity index is 1420. The van der Waals surface area contributed by atoms with Crippen molar-refractivity contribution in [2.24, 2.45) is 0 Å². The van der Waals surface area contributed by atoms with Crippen LogP contribution in [0, 0.1) is 0 Å². The average molecular weight is 544 g/mol. The summed E-state index contributed by atoms with van der Waals surface area (Å²) in [5.41, 5.74) is 0.0460. The minimum absolute atomic E-state index is 0.0968. The summed E-state index contributed by atoms with van der Waals surface area (Å²) in [5.74, 6) is -3.87. The summed E-state index contributed by atoms with van der Waals surface area (Å²) in [6.07, 6.45) is -5.19. The first kappa shape index (κ1) is 25.3. The molecule has 0 spiro atoms. The maximum Gasteiger partial charge on any atom is 0.492 e. The van der Waals surface area contributed by atoms with Gasteiger partial charge in [0.1, 0.15) is 5.75 Å². The molecule has 1 aliphatic heterocycles. The van der Waals surface area contributed by atoms with Crippen molar-refractivity contribution < 1.29 is 40.6 Å². The number of para-hydroxylation sites is 2. The second-order valence-electron chi connectivity index (χ2n) is 7.32. The molecule has 0 saturated carbocycles. The molecule has 0 radical (unpaired) electrons. The van der Waals surface area contributed by atoms with Crippen LogP contribution < -0.4 is 29.6 Å². The average Bonchev–Trinajstić information content (AvgIpc) is 3.17. The molecule has 1 unspecified atom stereocenters. The molecule has 1 heterocycles. The summed E-state index contributed by atoms with van der Waals surface area (Å²) in [4.78, 5) is 12.2. The van der Waals surface area contributed by atoms with E-state index in [2.05, 4.69) is 10.0 Å². The number of urea groups is 1. The van der Waals surface area contributed by atoms with Gasteiger partial charge in [-0.2, -0.15) is 13.2 Å². The zero-order valence-electron chi connectivity index (χ0n) is 18.2. The molecule has 36 heavy (non-hydrogen) atoms. The molecule has 2 amide bonds. The summed E-state index contributed by atoms with van der Waals surface area (Å²) >= 11 is 5.79. The van der Waals surface area contributed by atoms with Gasteiger partial charge in [0.05, 0.1) is 17.7 Å². The van der Waals surface area contributed by atoms with Gasteiger partial charge in [-0.1, -0.05) is 29.8 Å². The van der Waals surface area contributed by atoms with Crippen molar-refractivity contribution in [2.75, 3.05) is 17.1 Å². The fourth-order valence-corrected chi connectivity index (χ4v) is 4.48. The number of carbonyl (C=O) groups is 1. The molecule has 0 bridgehead atoms. The number of rotatable bonds is 6. The number of nitrogens with one attached hydrogen (secondary N) is 3. The van der Waals surface area contributed by atoms with Crippen LogP contribution in [0.4, 0.5) is 29.3 Å². The van der Waals surface area contributed by atoms with E-state index in [1.165, 1.54) is 37.4 Å². The van der Waals surface area contributed by atoms with E-state index in [-0.39, 0.29) is 38.5 Å². The molecule has 9 nitrogen and oxygen atoms in total. The number of methoxy groups -OCH3 is 1. The number of benzene rings is 3. The van der Waals surface area contributed by atoms with Crippen molar-refractivity contribution in [2.45, 2.75) is 17.0 Å². The number of halogens is 4. The minimum Gasteiger partial charge on any atom is -0.495 e. The van der Waals surface area contributed by atoms with Crippen LogP contribution >= 0.6 is 11.6 Å². The smallest absolute Gasteiger partial charge is 0.492 e. The highest BCUT2D eigenvalue weighted by atomic mass is 35.5. The molecule has 0 saturated heterocycles. The Hall–Kier alpha value is -3.84. The Labute approximate surface area is 208 Å². The Morgan fingerprint density at radius 2 is 1.72 bits per heavy atom. The lowest BCUT2D eigenvalue weighted by Crippen LogP contribution is -2.65. The van der Waals surface area contributed by atoms with E-state index in [1.807, 2.05) is 0 Å². The van der Waals surface area contributed by atoms with Crippen LogP contribution in [0.15, 0.2) is 71.6 Å². The van der Waals surface area contributed by atoms with E-state index in [0.717, 1.165) is 18.2 Å². The number of sulfonamides is 1. The summed E-state index contributed by atoms with van der Waals surface area (Å²) < 4.78 is 84.5. The van der Waals surface area contributed by atoms with Gasteiger partial charge in [0, 0.05) is 16.8 Å². The summed E-state index contributed by atoms with van der Waals surface area (Å²) in [7, 11) is -2.78. The van der Waals surface area contributed by atoms with Gasteiger partial charge in [0.15, 0.2) is 11.5 Å². The summed E-state index contributed by atoms with van der Waals surface area (Å²) in [6.45, 7) is 0. The molecule has 3 N–H and O–H groups in total. The van der Waals surface area contributed by atoms with Crippen molar-refractivity contribution in [3.05, 3.63) is 71.8 Å². The van der Waals surface area contributed by atoms with E-state index in [9.17, 15) is 26.4 Å². The number of fused-ring (bicyclic) bond motifs is 1. The fraction of sp³-hybridized carbons (Fsp3) is 0.136. The molecule has 3 aromatic rings. The normalized spacial score (nSPS) is 16.8. The van der Waals surface area contributed by atoms with Gasteiger partial charge in [-0.05, 0) is 42.5 Å². The van der Waals surface area contributed by atoms with E-state index < -0.39 is 28.1 Å². The predicted molar refractivity (Wildman–Crippen MR) is 124 cm³/mol. The quantitative estimate of drug-likeness (QED) is 0.405. The van der Waals surface area contributed by atoms with Crippen LogP contribution in [-0.2, 0) is 10.0 Å². The highest BCUT2D eigenvalue weighted by Gasteiger charge is 2.65. The van der Waals surface area contributed by atoms with E-state index in [0.29, 0.717) is 0 Å². The molecule has 0 aromatic heterocycles. The highest BCUT2D eigenvalue weighted by Crippen LogP contribution is 2.46. The maximum atomic E-state index is 13.8. The van der Waals surface area contributed by atoms with Crippen LogP contribution in [0.3, 0.4) is 0 Å². The third-order valence-electron chi connectivity index (χ3n) is 4.82. The number of ether oxygens (including phenoxy) is 3. The van der Waals surface area contributed by atoms with Crippen LogP contribution in [0.25, 0.3) is 0 Å². The van der Waals surface area contributed by atoms with Gasteiger partial charge in [-0.25, -0.2) is 13.2 Å². The molecule has 14 heteroatoms. The number of amides is 2. The SMILES string of the molecule is COc1ccccc1NS(=O)(=O)c1cccc(NC(=O)NC2(C(F)(F)F)Oc3ccc(Cl)cc3O2)c1. The number of alkyl halides is 3. The lowest BCUT2D eigenvalue weighted by Gasteiger charge is -2.29. The zero-order chi connectivity index (χ0) is 26.1. The molecule has 1 atom stereocenters. The number of anilines is 2. The zero-order valence-corrected chi connectivity index (χ0v) is 19.8. The summed E-state index contributed by atoms with van der Waals surface area (Å²) in [6, 6.07) is 13.3. The van der Waals surface area contributed by atoms with Crippen molar-refractivity contribution in [1.29, 1.82) is 0 Å². The molecular weight excluding hydrogens is 527 g/mol. The van der Waals surface area contributed by atoms with Gasteiger partial charge >= 0.3 is 18.1 Å². The molecule has 1 aliphatic rings. The predicted octanol–water partition coefficient (Wildman–Crippen LogP) is 4.96. The third-order valence-corrected chi connectivity index (χ3v) is 6.42. The summed E-state index contributed by atoms with van der Waals surface area (Å²) in [5, 5.41) is 3.86. The second-order valence-corrected chi connectivity index (χ2v) is 9.44. The van der Waals surface area contributed by atoms with Crippen molar-refractivity contribution in [3.8, 4) is 17.2 Å². The van der Waals surface area contributed by atoms with E-state index >= 15 is 0 Å². The van der Waals surface area contributed by atoms with Gasteiger partial charge < -0.3 is 19.5 Å². The first-order valence-corrected chi connectivity index (χ1v) is 11.9. The van der Waals surface area contributed by atoms with E-state index in [4.69, 9.17) is 25.8 Å². The number of carbonyl (C=O) groups excluding carboxylic acids is 1. The molecular formula is C22H17ClF3N3O6S. The molecule has 0 fully saturated rings. The van der Waals surface area contributed by atoms with Gasteiger partial charge in [-0.3, -0.25) is 10.0 Å². The van der Waals surface area contributed by atoms with Gasteiger partial charge in [-0.15, -0.1) is 0 Å². The highest BCUT2D eigenvalue weighted by molar-refractivity contribution is 7.92. The largest absolute Gasteiger partial charge is 0.495 e. The Morgan fingerprint density at radius 1 is 1.00 bits per heavy atom. The first-order chi connectivity index (χ1) is 16.9. The van der Waals surface area contributed by atoms with Crippen LogP contribution in [0.2, 0.25) is 5.02 Å². The second kappa shape index (κ2) is 9.32. The van der Waals surface area contributed by atoms with Crippen molar-refractivity contribution >= 4 is 39.0 Å². The van der Waals surface area contributed by atoms with Gasteiger partial charge in [0.25, 0.3) is 10.0 Å². The maximum absolute atomic E-state index is 13.8. The molecule has 4 rings (SSSR count). The molecule has 0 aliphatic carbocycles. The molecule has 3 aromatic carbocycles. The Balaban J connectivity index is 1.52.